The number of benzene rings is 2. The van der Waals surface area contributed by atoms with E-state index in [4.69, 9.17) is 5.84 Å². The van der Waals surface area contributed by atoms with Gasteiger partial charge in [-0.05, 0) is 17.5 Å². The third-order valence-electron chi connectivity index (χ3n) is 3.73. The largest absolute Gasteiger partial charge is 0.293 e. The van der Waals surface area contributed by atoms with Gasteiger partial charge >= 0.3 is 0 Å². The number of carbonyl (C=O) groups is 1. The van der Waals surface area contributed by atoms with E-state index >= 15 is 0 Å². The molecule has 0 bridgehead atoms. The van der Waals surface area contributed by atoms with Gasteiger partial charge in [-0.1, -0.05) is 67.6 Å². The molecule has 2 aromatic carbocycles. The molecule has 3 N–H and O–H groups in total. The summed E-state index contributed by atoms with van der Waals surface area (Å²) in [6.45, 7) is 3.42. The molecule has 4 heteroatoms. The molecule has 0 heterocycles. The van der Waals surface area contributed by atoms with Gasteiger partial charge in [-0.25, -0.2) is 5.84 Å². The van der Waals surface area contributed by atoms with Crippen molar-refractivity contribution >= 4 is 5.91 Å². The van der Waals surface area contributed by atoms with Crippen LogP contribution in [0.2, 0.25) is 0 Å². The molecule has 0 aromatic heterocycles. The predicted molar refractivity (Wildman–Crippen MR) is 88.5 cm³/mol. The quantitative estimate of drug-likeness (QED) is 0.469. The minimum Gasteiger partial charge on any atom is -0.293 e. The van der Waals surface area contributed by atoms with Crippen LogP contribution in [0.4, 0.5) is 0 Å². The number of amides is 1. The van der Waals surface area contributed by atoms with Crippen LogP contribution in [-0.2, 0) is 17.9 Å². The molecule has 0 saturated carbocycles. The number of nitrogens with two attached hydrogens (primary N) is 1. The Labute approximate surface area is 131 Å². The van der Waals surface area contributed by atoms with Gasteiger partial charge in [0.15, 0.2) is 0 Å². The fourth-order valence-corrected chi connectivity index (χ4v) is 2.62. The number of hydrazine groups is 1. The van der Waals surface area contributed by atoms with Crippen LogP contribution in [-0.4, -0.2) is 16.8 Å². The van der Waals surface area contributed by atoms with E-state index in [0.29, 0.717) is 19.5 Å². The third-order valence-corrected chi connectivity index (χ3v) is 3.73. The monoisotopic (exact) mass is 297 g/mol. The molecular formula is C18H23N3O. The molecule has 1 atom stereocenters. The van der Waals surface area contributed by atoms with E-state index < -0.39 is 0 Å². The fraction of sp³-hybridized carbons (Fsp3) is 0.278. The van der Waals surface area contributed by atoms with Gasteiger partial charge in [-0.3, -0.25) is 15.1 Å². The maximum Gasteiger partial charge on any atom is 0.251 e. The lowest BCUT2D eigenvalue weighted by molar-refractivity contribution is -0.127. The Kier molecular flexibility index (Phi) is 6.13. The summed E-state index contributed by atoms with van der Waals surface area (Å²) in [5, 5.41) is 0. The van der Waals surface area contributed by atoms with Crippen LogP contribution in [0, 0.1) is 0 Å². The Hall–Kier alpha value is -2.17. The minimum absolute atomic E-state index is 0.144. The van der Waals surface area contributed by atoms with Gasteiger partial charge in [0.2, 0.25) is 0 Å². The number of nitrogens with zero attached hydrogens (tertiary/aromatic N) is 1. The summed E-state index contributed by atoms with van der Waals surface area (Å²) < 4.78 is 0. The first-order valence-corrected chi connectivity index (χ1v) is 7.57. The zero-order valence-electron chi connectivity index (χ0n) is 12.9. The van der Waals surface area contributed by atoms with Crippen molar-refractivity contribution in [2.24, 2.45) is 5.84 Å². The first kappa shape index (κ1) is 16.2. The highest BCUT2D eigenvalue weighted by molar-refractivity contribution is 5.81. The molecule has 2 rings (SSSR count). The summed E-state index contributed by atoms with van der Waals surface area (Å²) in [5.41, 5.74) is 4.65. The Balaban J connectivity index is 2.21. The van der Waals surface area contributed by atoms with Crippen LogP contribution < -0.4 is 11.3 Å². The Morgan fingerprint density at radius 1 is 1.00 bits per heavy atom. The average Bonchev–Trinajstić information content (AvgIpc) is 2.57. The SMILES string of the molecule is CCC(C(=O)NN)N(Cc1ccccc1)Cc1ccccc1. The van der Waals surface area contributed by atoms with E-state index in [0.717, 1.165) is 0 Å². The molecule has 0 aliphatic carbocycles. The second-order valence-electron chi connectivity index (χ2n) is 5.31. The van der Waals surface area contributed by atoms with Crippen LogP contribution in [0.25, 0.3) is 0 Å². The highest BCUT2D eigenvalue weighted by Gasteiger charge is 2.23. The van der Waals surface area contributed by atoms with Crippen molar-refractivity contribution in [1.82, 2.24) is 10.3 Å². The molecular weight excluding hydrogens is 274 g/mol. The summed E-state index contributed by atoms with van der Waals surface area (Å²) in [4.78, 5) is 14.2. The number of rotatable bonds is 7. The minimum atomic E-state index is -0.245. The lowest BCUT2D eigenvalue weighted by Gasteiger charge is -2.30. The molecule has 0 saturated heterocycles. The van der Waals surface area contributed by atoms with Crippen molar-refractivity contribution in [2.45, 2.75) is 32.5 Å². The van der Waals surface area contributed by atoms with Crippen molar-refractivity contribution in [2.75, 3.05) is 0 Å². The van der Waals surface area contributed by atoms with Gasteiger partial charge in [-0.2, -0.15) is 0 Å². The van der Waals surface area contributed by atoms with E-state index in [-0.39, 0.29) is 11.9 Å². The van der Waals surface area contributed by atoms with Crippen molar-refractivity contribution in [3.63, 3.8) is 0 Å². The molecule has 4 nitrogen and oxygen atoms in total. The number of carbonyl (C=O) groups excluding carboxylic acids is 1. The predicted octanol–water partition coefficient (Wildman–Crippen LogP) is 2.46. The molecule has 0 radical (unpaired) electrons. The van der Waals surface area contributed by atoms with Crippen LogP contribution in [0.1, 0.15) is 24.5 Å². The lowest BCUT2D eigenvalue weighted by Crippen LogP contribution is -2.48. The van der Waals surface area contributed by atoms with Gasteiger partial charge in [-0.15, -0.1) is 0 Å². The highest BCUT2D eigenvalue weighted by Crippen LogP contribution is 2.15. The normalized spacial score (nSPS) is 12.1. The zero-order valence-corrected chi connectivity index (χ0v) is 12.9. The van der Waals surface area contributed by atoms with Crippen LogP contribution in [0.15, 0.2) is 60.7 Å². The van der Waals surface area contributed by atoms with Crippen molar-refractivity contribution in [1.29, 1.82) is 0 Å². The number of nitrogens with one attached hydrogen (secondary N) is 1. The summed E-state index contributed by atoms with van der Waals surface area (Å²) in [7, 11) is 0. The van der Waals surface area contributed by atoms with Crippen molar-refractivity contribution in [3.8, 4) is 0 Å². The standard InChI is InChI=1S/C18H23N3O/c1-2-17(18(22)20-19)21(13-15-9-5-3-6-10-15)14-16-11-7-4-8-12-16/h3-12,17H,2,13-14,19H2,1H3,(H,20,22). The lowest BCUT2D eigenvalue weighted by atomic mass is 10.1. The van der Waals surface area contributed by atoms with Gasteiger partial charge in [0.25, 0.3) is 5.91 Å². The van der Waals surface area contributed by atoms with Gasteiger partial charge in [0.1, 0.15) is 0 Å². The second kappa shape index (κ2) is 8.32. The Morgan fingerprint density at radius 2 is 1.45 bits per heavy atom. The van der Waals surface area contributed by atoms with E-state index in [2.05, 4.69) is 34.6 Å². The number of hydrogen-bond donors (Lipinski definition) is 2. The maximum atomic E-state index is 12.1. The summed E-state index contributed by atoms with van der Waals surface area (Å²) in [6, 6.07) is 20.1. The molecule has 116 valence electrons. The molecule has 22 heavy (non-hydrogen) atoms. The van der Waals surface area contributed by atoms with Crippen molar-refractivity contribution in [3.05, 3.63) is 71.8 Å². The Bertz CT molecular complexity index is 530. The van der Waals surface area contributed by atoms with Gasteiger partial charge < -0.3 is 0 Å². The zero-order chi connectivity index (χ0) is 15.8. The fourth-order valence-electron chi connectivity index (χ4n) is 2.62. The van der Waals surface area contributed by atoms with Crippen LogP contribution in [0.3, 0.4) is 0 Å². The van der Waals surface area contributed by atoms with Crippen molar-refractivity contribution < 1.29 is 4.79 Å². The second-order valence-corrected chi connectivity index (χ2v) is 5.31. The van der Waals surface area contributed by atoms with Gasteiger partial charge in [0, 0.05) is 13.1 Å². The van der Waals surface area contributed by atoms with E-state index in [9.17, 15) is 4.79 Å². The molecule has 0 aliphatic heterocycles. The van der Waals surface area contributed by atoms with E-state index in [1.54, 1.807) is 0 Å². The van der Waals surface area contributed by atoms with Gasteiger partial charge in [0.05, 0.1) is 6.04 Å². The molecule has 0 fully saturated rings. The first-order valence-electron chi connectivity index (χ1n) is 7.57. The smallest absolute Gasteiger partial charge is 0.251 e. The third kappa shape index (κ3) is 4.41. The van der Waals surface area contributed by atoms with E-state index in [1.807, 2.05) is 43.3 Å². The average molecular weight is 297 g/mol. The summed E-state index contributed by atoms with van der Waals surface area (Å²) >= 11 is 0. The first-order chi connectivity index (χ1) is 10.7. The molecule has 0 aliphatic rings. The molecule has 1 unspecified atom stereocenters. The summed E-state index contributed by atoms with van der Waals surface area (Å²) in [5.74, 6) is 5.20. The molecule has 0 spiro atoms. The van der Waals surface area contributed by atoms with Crippen LogP contribution in [0.5, 0.6) is 0 Å². The van der Waals surface area contributed by atoms with E-state index in [1.165, 1.54) is 11.1 Å². The summed E-state index contributed by atoms with van der Waals surface area (Å²) in [6.07, 6.45) is 0.711. The number of hydrogen-bond acceptors (Lipinski definition) is 3. The molecule has 1 amide bonds. The maximum absolute atomic E-state index is 12.1. The Morgan fingerprint density at radius 3 is 1.82 bits per heavy atom. The topological polar surface area (TPSA) is 58.4 Å². The molecule has 2 aromatic rings. The van der Waals surface area contributed by atoms with Crippen LogP contribution >= 0.6 is 0 Å². The highest BCUT2D eigenvalue weighted by atomic mass is 16.2.